The number of aromatic nitrogens is 1. The molecule has 0 spiro atoms. The van der Waals surface area contributed by atoms with Gasteiger partial charge in [-0.2, -0.15) is 11.8 Å². The number of nitrogens with zero attached hydrogens (tertiary/aromatic N) is 3. The van der Waals surface area contributed by atoms with E-state index in [4.69, 9.17) is 5.84 Å². The van der Waals surface area contributed by atoms with Crippen LogP contribution in [0.25, 0.3) is 0 Å². The average molecular weight is 271 g/mol. The highest BCUT2D eigenvalue weighted by atomic mass is 32.2. The van der Waals surface area contributed by atoms with Crippen molar-refractivity contribution in [3.8, 4) is 0 Å². The van der Waals surface area contributed by atoms with Gasteiger partial charge in [0.15, 0.2) is 0 Å². The Morgan fingerprint density at radius 3 is 2.83 bits per heavy atom. The lowest BCUT2D eigenvalue weighted by atomic mass is 10.3. The molecule has 0 aliphatic carbocycles. The van der Waals surface area contributed by atoms with Gasteiger partial charge < -0.3 is 10.3 Å². The van der Waals surface area contributed by atoms with E-state index in [1.54, 1.807) is 23.7 Å². The number of hydrogen-bond acceptors (Lipinski definition) is 7. The number of pyridine rings is 1. The van der Waals surface area contributed by atoms with Crippen LogP contribution < -0.4 is 16.2 Å². The lowest BCUT2D eigenvalue weighted by Gasteiger charge is -2.25. The van der Waals surface area contributed by atoms with E-state index in [9.17, 15) is 10.1 Å². The number of hydrazine groups is 1. The minimum atomic E-state index is -0.440. The van der Waals surface area contributed by atoms with Crippen LogP contribution in [0, 0.1) is 10.1 Å². The summed E-state index contributed by atoms with van der Waals surface area (Å²) in [6.07, 6.45) is 1.99. The minimum Gasteiger partial charge on any atom is -0.350 e. The molecule has 1 aromatic rings. The van der Waals surface area contributed by atoms with E-state index in [0.29, 0.717) is 11.6 Å². The molecule has 1 atom stereocenters. The Morgan fingerprint density at radius 2 is 2.33 bits per heavy atom. The van der Waals surface area contributed by atoms with E-state index >= 15 is 0 Å². The van der Waals surface area contributed by atoms with Gasteiger partial charge in [-0.3, -0.25) is 10.1 Å². The summed E-state index contributed by atoms with van der Waals surface area (Å²) >= 11 is 1.68. The molecule has 0 aliphatic heterocycles. The maximum absolute atomic E-state index is 11.0. The predicted octanol–water partition coefficient (Wildman–Crippen LogP) is 1.46. The number of anilines is 2. The quantitative estimate of drug-likeness (QED) is 0.459. The molecule has 0 saturated heterocycles. The first-order chi connectivity index (χ1) is 8.51. The second-order valence-electron chi connectivity index (χ2n) is 3.86. The molecule has 0 saturated carbocycles. The first-order valence-corrected chi connectivity index (χ1v) is 6.74. The molecule has 8 heteroatoms. The summed E-state index contributed by atoms with van der Waals surface area (Å²) in [5.41, 5.74) is 2.37. The molecular weight excluding hydrogens is 254 g/mol. The average Bonchev–Trinajstić information content (AvgIpc) is 2.37. The highest BCUT2D eigenvalue weighted by Crippen LogP contribution is 2.28. The summed E-state index contributed by atoms with van der Waals surface area (Å²) < 4.78 is 0. The van der Waals surface area contributed by atoms with Crippen molar-refractivity contribution in [2.24, 2.45) is 5.84 Å². The molecule has 1 rings (SSSR count). The SMILES string of the molecule is CSCC(C)N(C)c1nc(NN)ccc1[N+](=O)[O-]. The Hall–Kier alpha value is -1.54. The molecule has 1 aromatic heterocycles. The zero-order valence-electron chi connectivity index (χ0n) is 10.6. The van der Waals surface area contributed by atoms with Crippen molar-refractivity contribution in [3.63, 3.8) is 0 Å². The number of hydrogen-bond donors (Lipinski definition) is 2. The van der Waals surface area contributed by atoms with Crippen molar-refractivity contribution in [1.29, 1.82) is 0 Å². The second kappa shape index (κ2) is 6.41. The summed E-state index contributed by atoms with van der Waals surface area (Å²) in [7, 11) is 1.79. The summed E-state index contributed by atoms with van der Waals surface area (Å²) in [6, 6.07) is 3.02. The molecule has 3 N–H and O–H groups in total. The maximum atomic E-state index is 11.0. The lowest BCUT2D eigenvalue weighted by molar-refractivity contribution is -0.384. The van der Waals surface area contributed by atoms with Gasteiger partial charge in [-0.25, -0.2) is 10.8 Å². The topological polar surface area (TPSA) is 97.3 Å². The molecule has 0 radical (unpaired) electrons. The zero-order valence-corrected chi connectivity index (χ0v) is 11.4. The van der Waals surface area contributed by atoms with Gasteiger partial charge in [0, 0.05) is 24.9 Å². The molecule has 0 bridgehead atoms. The van der Waals surface area contributed by atoms with Crippen LogP contribution >= 0.6 is 11.8 Å². The van der Waals surface area contributed by atoms with E-state index in [-0.39, 0.29) is 11.7 Å². The highest BCUT2D eigenvalue weighted by molar-refractivity contribution is 7.98. The second-order valence-corrected chi connectivity index (χ2v) is 4.77. The normalized spacial score (nSPS) is 12.0. The Kier molecular flexibility index (Phi) is 5.17. The van der Waals surface area contributed by atoms with Crippen molar-refractivity contribution in [3.05, 3.63) is 22.2 Å². The van der Waals surface area contributed by atoms with Gasteiger partial charge in [0.1, 0.15) is 5.82 Å². The van der Waals surface area contributed by atoms with E-state index in [2.05, 4.69) is 10.4 Å². The molecule has 0 amide bonds. The van der Waals surface area contributed by atoms with Crippen LogP contribution in [0.4, 0.5) is 17.3 Å². The van der Waals surface area contributed by atoms with Crippen LogP contribution in [0.5, 0.6) is 0 Å². The fourth-order valence-electron chi connectivity index (χ4n) is 1.49. The summed E-state index contributed by atoms with van der Waals surface area (Å²) in [5.74, 6) is 6.85. The van der Waals surface area contributed by atoms with Gasteiger partial charge in [-0.05, 0) is 19.2 Å². The van der Waals surface area contributed by atoms with Gasteiger partial charge in [0.2, 0.25) is 5.82 Å². The summed E-state index contributed by atoms with van der Waals surface area (Å²) in [4.78, 5) is 16.5. The molecule has 0 fully saturated rings. The van der Waals surface area contributed by atoms with Crippen molar-refractivity contribution in [2.45, 2.75) is 13.0 Å². The molecule has 0 aliphatic rings. The fourth-order valence-corrected chi connectivity index (χ4v) is 2.19. The van der Waals surface area contributed by atoms with E-state index in [0.717, 1.165) is 5.75 Å². The van der Waals surface area contributed by atoms with E-state index in [1.165, 1.54) is 12.1 Å². The monoisotopic (exact) mass is 271 g/mol. The van der Waals surface area contributed by atoms with Crippen LogP contribution in [0.15, 0.2) is 12.1 Å². The smallest absolute Gasteiger partial charge is 0.311 e. The van der Waals surface area contributed by atoms with Crippen LogP contribution in [-0.2, 0) is 0 Å². The minimum absolute atomic E-state index is 0.0237. The summed E-state index contributed by atoms with van der Waals surface area (Å²) in [5, 5.41) is 11.0. The van der Waals surface area contributed by atoms with Crippen molar-refractivity contribution in [2.75, 3.05) is 29.4 Å². The van der Waals surface area contributed by atoms with Crippen LogP contribution in [-0.4, -0.2) is 35.0 Å². The lowest BCUT2D eigenvalue weighted by Crippen LogP contribution is -2.32. The number of nitrogens with two attached hydrogens (primary N) is 1. The van der Waals surface area contributed by atoms with E-state index in [1.807, 2.05) is 13.2 Å². The number of nitro groups is 1. The summed E-state index contributed by atoms with van der Waals surface area (Å²) in [6.45, 7) is 1.99. The number of nitrogen functional groups attached to an aromatic ring is 1. The van der Waals surface area contributed by atoms with Crippen molar-refractivity contribution >= 4 is 29.1 Å². The van der Waals surface area contributed by atoms with Gasteiger partial charge in [0.05, 0.1) is 4.92 Å². The first kappa shape index (κ1) is 14.5. The molecule has 1 unspecified atom stereocenters. The first-order valence-electron chi connectivity index (χ1n) is 5.35. The van der Waals surface area contributed by atoms with E-state index < -0.39 is 4.92 Å². The Morgan fingerprint density at radius 1 is 1.67 bits per heavy atom. The van der Waals surface area contributed by atoms with Crippen molar-refractivity contribution < 1.29 is 4.92 Å². The zero-order chi connectivity index (χ0) is 13.7. The predicted molar refractivity (Wildman–Crippen MR) is 74.9 cm³/mol. The maximum Gasteiger partial charge on any atom is 0.311 e. The van der Waals surface area contributed by atoms with Gasteiger partial charge in [-0.1, -0.05) is 0 Å². The molecule has 100 valence electrons. The number of thioether (sulfide) groups is 1. The largest absolute Gasteiger partial charge is 0.350 e. The Labute approximate surface area is 110 Å². The molecular formula is C10H17N5O2S. The third-order valence-corrected chi connectivity index (χ3v) is 3.42. The van der Waals surface area contributed by atoms with Crippen LogP contribution in [0.1, 0.15) is 6.92 Å². The van der Waals surface area contributed by atoms with Crippen molar-refractivity contribution in [1.82, 2.24) is 4.98 Å². The van der Waals surface area contributed by atoms with Crippen LogP contribution in [0.2, 0.25) is 0 Å². The standard InChI is InChI=1S/C10H17N5O2S/c1-7(6-18-3)14(2)10-8(15(16)17)4-5-9(12-10)13-11/h4-5,7H,6,11H2,1-3H3,(H,12,13). The Bertz CT molecular complexity index is 429. The molecule has 1 heterocycles. The third-order valence-electron chi connectivity index (χ3n) is 2.60. The number of nitrogens with one attached hydrogen (secondary N) is 1. The van der Waals surface area contributed by atoms with Gasteiger partial charge in [-0.15, -0.1) is 0 Å². The molecule has 7 nitrogen and oxygen atoms in total. The Balaban J connectivity index is 3.14. The number of rotatable bonds is 6. The molecule has 18 heavy (non-hydrogen) atoms. The van der Waals surface area contributed by atoms with Crippen LogP contribution in [0.3, 0.4) is 0 Å². The van der Waals surface area contributed by atoms with Gasteiger partial charge >= 0.3 is 5.69 Å². The molecule has 0 aromatic carbocycles. The van der Waals surface area contributed by atoms with Gasteiger partial charge in [0.25, 0.3) is 0 Å². The fraction of sp³-hybridized carbons (Fsp3) is 0.500. The highest BCUT2D eigenvalue weighted by Gasteiger charge is 2.22. The third kappa shape index (κ3) is 3.23.